The van der Waals surface area contributed by atoms with E-state index in [0.29, 0.717) is 5.56 Å². The van der Waals surface area contributed by atoms with Crippen LogP contribution in [0.3, 0.4) is 0 Å². The van der Waals surface area contributed by atoms with E-state index in [-0.39, 0.29) is 26.2 Å². The van der Waals surface area contributed by atoms with Crippen LogP contribution in [0.1, 0.15) is 16.8 Å². The molecule has 1 N–H and O–H groups in total. The second kappa shape index (κ2) is 10.3. The number of rotatable bonds is 11. The van der Waals surface area contributed by atoms with E-state index in [1.165, 1.54) is 6.08 Å². The Morgan fingerprint density at radius 1 is 1.39 bits per heavy atom. The van der Waals surface area contributed by atoms with Crippen molar-refractivity contribution in [3.8, 4) is 0 Å². The molecule has 1 fully saturated rings. The number of hydrogen-bond acceptors (Lipinski definition) is 9. The zero-order valence-corrected chi connectivity index (χ0v) is 16.2. The van der Waals surface area contributed by atoms with Crippen molar-refractivity contribution in [1.29, 1.82) is 0 Å². The highest BCUT2D eigenvalue weighted by Crippen LogP contribution is 2.28. The van der Waals surface area contributed by atoms with Crippen LogP contribution in [-0.4, -0.2) is 58.6 Å². The summed E-state index contributed by atoms with van der Waals surface area (Å²) in [6.45, 7) is 3.50. The van der Waals surface area contributed by atoms with Crippen molar-refractivity contribution in [3.05, 3.63) is 48.6 Å². The van der Waals surface area contributed by atoms with Gasteiger partial charge in [-0.1, -0.05) is 24.3 Å². The minimum atomic E-state index is -3.87. The van der Waals surface area contributed by atoms with E-state index >= 15 is 0 Å². The lowest BCUT2D eigenvalue weighted by molar-refractivity contribution is -0.142. The van der Waals surface area contributed by atoms with Crippen LogP contribution >= 0.6 is 0 Å². The van der Waals surface area contributed by atoms with Gasteiger partial charge in [0.25, 0.3) is 10.1 Å². The van der Waals surface area contributed by atoms with E-state index in [4.69, 9.17) is 18.5 Å². The fourth-order valence-electron chi connectivity index (χ4n) is 2.71. The Balaban J connectivity index is 2.06. The summed E-state index contributed by atoms with van der Waals surface area (Å²) in [5.74, 6) is -1.78. The molecule has 1 aliphatic heterocycles. The topological polar surface area (TPSA) is 117 Å². The van der Waals surface area contributed by atoms with E-state index in [1.54, 1.807) is 30.3 Å². The van der Waals surface area contributed by atoms with Gasteiger partial charge < -0.3 is 9.47 Å². The third-order valence-corrected chi connectivity index (χ3v) is 4.51. The van der Waals surface area contributed by atoms with E-state index in [9.17, 15) is 18.0 Å². The smallest absolute Gasteiger partial charge is 0.338 e. The van der Waals surface area contributed by atoms with Crippen LogP contribution in [0.15, 0.2) is 43.0 Å². The lowest BCUT2D eigenvalue weighted by Gasteiger charge is -2.25. The Labute approximate surface area is 163 Å². The quantitative estimate of drug-likeness (QED) is 0.185. The average Bonchev–Trinajstić information content (AvgIpc) is 3.02. The van der Waals surface area contributed by atoms with Gasteiger partial charge in [-0.05, 0) is 12.1 Å². The van der Waals surface area contributed by atoms with Crippen molar-refractivity contribution >= 4 is 22.1 Å². The van der Waals surface area contributed by atoms with Crippen molar-refractivity contribution in [2.45, 2.75) is 18.6 Å². The highest BCUT2D eigenvalue weighted by molar-refractivity contribution is 7.86. The fraction of sp³-hybridized carbons (Fsp3) is 0.444. The Morgan fingerprint density at radius 3 is 2.75 bits per heavy atom. The largest absolute Gasteiger partial charge is 0.460 e. The van der Waals surface area contributed by atoms with Crippen LogP contribution in [0.5, 0.6) is 0 Å². The summed E-state index contributed by atoms with van der Waals surface area (Å²) >= 11 is 0. The Bertz CT molecular complexity index is 780. The van der Waals surface area contributed by atoms with Crippen LogP contribution < -0.4 is 5.48 Å². The average molecular weight is 413 g/mol. The number of hydrogen-bond donors (Lipinski definition) is 1. The molecule has 1 aliphatic rings. The van der Waals surface area contributed by atoms with Crippen LogP contribution in [0.2, 0.25) is 0 Å². The first kappa shape index (κ1) is 22.0. The maximum Gasteiger partial charge on any atom is 0.338 e. The Hall–Kier alpha value is -2.27. The summed E-state index contributed by atoms with van der Waals surface area (Å²) in [6.07, 6.45) is 0.553. The van der Waals surface area contributed by atoms with E-state index in [1.807, 2.05) is 0 Å². The molecule has 1 aromatic carbocycles. The molecular weight excluding hydrogens is 390 g/mol. The van der Waals surface area contributed by atoms with Gasteiger partial charge in [0.15, 0.2) is 0 Å². The summed E-state index contributed by atoms with van der Waals surface area (Å²) in [4.78, 5) is 29.0. The third-order valence-electron chi connectivity index (χ3n) is 3.91. The van der Waals surface area contributed by atoms with Crippen LogP contribution in [0.4, 0.5) is 0 Å². The molecule has 0 radical (unpaired) electrons. The summed E-state index contributed by atoms with van der Waals surface area (Å²) in [7, 11) is -3.87. The third kappa shape index (κ3) is 7.04. The first-order valence-electron chi connectivity index (χ1n) is 8.55. The van der Waals surface area contributed by atoms with Crippen LogP contribution in [0, 0.1) is 5.92 Å². The molecule has 0 amide bonds. The molecule has 0 aromatic heterocycles. The maximum absolute atomic E-state index is 12.2. The molecule has 1 saturated heterocycles. The number of ether oxygens (including phenoxy) is 2. The minimum Gasteiger partial charge on any atom is -0.460 e. The number of carbonyl (C=O) groups is 2. The van der Waals surface area contributed by atoms with Gasteiger partial charge in [-0.3, -0.25) is 13.8 Å². The Morgan fingerprint density at radius 2 is 2.11 bits per heavy atom. The van der Waals surface area contributed by atoms with Crippen molar-refractivity contribution in [1.82, 2.24) is 5.48 Å². The number of carbonyl (C=O) groups excluding carboxylic acids is 2. The van der Waals surface area contributed by atoms with Gasteiger partial charge in [-0.15, -0.1) is 6.58 Å². The molecule has 0 aliphatic carbocycles. The molecule has 28 heavy (non-hydrogen) atoms. The summed E-state index contributed by atoms with van der Waals surface area (Å²) in [5.41, 5.74) is 2.94. The van der Waals surface area contributed by atoms with Crippen molar-refractivity contribution in [3.63, 3.8) is 0 Å². The van der Waals surface area contributed by atoms with E-state index in [0.717, 1.165) is 6.26 Å². The molecule has 9 nitrogen and oxygen atoms in total. The van der Waals surface area contributed by atoms with Crippen molar-refractivity contribution in [2.24, 2.45) is 5.92 Å². The molecule has 10 heteroatoms. The number of benzene rings is 1. The lowest BCUT2D eigenvalue weighted by Crippen LogP contribution is -2.41. The number of nitrogens with one attached hydrogen (secondary N) is 1. The van der Waals surface area contributed by atoms with Gasteiger partial charge >= 0.3 is 11.9 Å². The number of hydroxylamine groups is 1. The normalized spacial score (nSPS) is 20.4. The van der Waals surface area contributed by atoms with Crippen molar-refractivity contribution < 1.29 is 36.5 Å². The van der Waals surface area contributed by atoms with Gasteiger partial charge in [0.2, 0.25) is 0 Å². The molecule has 0 unspecified atom stereocenters. The molecule has 0 spiro atoms. The SMILES string of the molecule is C=CCONC[C@@H]1OC(=O)C[C@@H]1[C@H](COC(=O)c1ccccc1)OS(C)(=O)=O. The Kier molecular flexibility index (Phi) is 8.12. The van der Waals surface area contributed by atoms with E-state index in [2.05, 4.69) is 12.1 Å². The zero-order valence-electron chi connectivity index (χ0n) is 15.4. The number of esters is 2. The molecule has 0 bridgehead atoms. The maximum atomic E-state index is 12.2. The summed E-state index contributed by atoms with van der Waals surface area (Å²) < 4.78 is 38.8. The lowest BCUT2D eigenvalue weighted by atomic mass is 9.95. The van der Waals surface area contributed by atoms with Gasteiger partial charge in [0.05, 0.1) is 31.4 Å². The highest BCUT2D eigenvalue weighted by Gasteiger charge is 2.42. The van der Waals surface area contributed by atoms with Gasteiger partial charge in [-0.25, -0.2) is 4.79 Å². The monoisotopic (exact) mass is 413 g/mol. The van der Waals surface area contributed by atoms with Crippen molar-refractivity contribution in [2.75, 3.05) is 26.0 Å². The van der Waals surface area contributed by atoms with Crippen LogP contribution in [-0.2, 0) is 33.4 Å². The molecule has 3 atom stereocenters. The second-order valence-electron chi connectivity index (χ2n) is 6.15. The second-order valence-corrected chi connectivity index (χ2v) is 7.75. The fourth-order valence-corrected chi connectivity index (χ4v) is 3.36. The standard InChI is InChI=1S/C18H23NO8S/c1-3-9-25-19-11-15-14(10-17(20)26-15)16(27-28(2,22)23)12-24-18(21)13-7-5-4-6-8-13/h3-8,14-16,19H,1,9-12H2,2H3/t14-,15-,16-/m0/s1. The molecule has 2 rings (SSSR count). The predicted octanol–water partition coefficient (Wildman–Crippen LogP) is 0.827. The van der Waals surface area contributed by atoms with E-state index < -0.39 is 40.2 Å². The van der Waals surface area contributed by atoms with Gasteiger partial charge in [-0.2, -0.15) is 13.9 Å². The first-order valence-corrected chi connectivity index (χ1v) is 10.4. The summed E-state index contributed by atoms with van der Waals surface area (Å²) in [6, 6.07) is 8.24. The minimum absolute atomic E-state index is 0.0725. The molecule has 154 valence electrons. The molecular formula is C18H23NO8S. The summed E-state index contributed by atoms with van der Waals surface area (Å²) in [5, 5.41) is 0. The van der Waals surface area contributed by atoms with Gasteiger partial charge in [0.1, 0.15) is 18.8 Å². The number of cyclic esters (lactones) is 1. The highest BCUT2D eigenvalue weighted by atomic mass is 32.2. The van der Waals surface area contributed by atoms with Gasteiger partial charge in [0, 0.05) is 5.92 Å². The molecule has 1 aromatic rings. The molecule has 0 saturated carbocycles. The zero-order chi connectivity index (χ0) is 20.6. The predicted molar refractivity (Wildman–Crippen MR) is 98.6 cm³/mol. The van der Waals surface area contributed by atoms with Crippen LogP contribution in [0.25, 0.3) is 0 Å². The molecule has 1 heterocycles. The first-order chi connectivity index (χ1) is 13.3.